The van der Waals surface area contributed by atoms with Crippen molar-refractivity contribution in [3.63, 3.8) is 0 Å². The fourth-order valence-electron chi connectivity index (χ4n) is 2.28. The van der Waals surface area contributed by atoms with Crippen LogP contribution in [0.15, 0.2) is 18.2 Å². The van der Waals surface area contributed by atoms with Crippen LogP contribution in [-0.4, -0.2) is 24.3 Å². The van der Waals surface area contributed by atoms with Crippen LogP contribution in [-0.2, 0) is 11.2 Å². The summed E-state index contributed by atoms with van der Waals surface area (Å²) >= 11 is 0. The third kappa shape index (κ3) is 3.59. The van der Waals surface area contributed by atoms with Crippen molar-refractivity contribution >= 4 is 11.7 Å². The molecule has 0 heterocycles. The molecule has 1 aliphatic carbocycles. The van der Waals surface area contributed by atoms with Crippen molar-refractivity contribution < 1.29 is 14.3 Å². The number of hydrogen-bond donors (Lipinski definition) is 1. The summed E-state index contributed by atoms with van der Waals surface area (Å²) in [4.78, 5) is 23.3. The van der Waals surface area contributed by atoms with E-state index in [1.54, 1.807) is 12.1 Å². The third-order valence-corrected chi connectivity index (χ3v) is 3.62. The highest BCUT2D eigenvalue weighted by atomic mass is 16.5. The lowest BCUT2D eigenvalue weighted by molar-refractivity contribution is -0.123. The molecule has 0 saturated carbocycles. The highest BCUT2D eigenvalue weighted by molar-refractivity contribution is 5.98. The molecular formula is C16H21NO3. The van der Waals surface area contributed by atoms with Gasteiger partial charge in [-0.2, -0.15) is 0 Å². The molecule has 0 fully saturated rings. The van der Waals surface area contributed by atoms with Crippen LogP contribution < -0.4 is 10.1 Å². The van der Waals surface area contributed by atoms with Gasteiger partial charge in [-0.15, -0.1) is 0 Å². The van der Waals surface area contributed by atoms with Gasteiger partial charge >= 0.3 is 0 Å². The number of carbonyl (C=O) groups excluding carboxylic acids is 2. The zero-order chi connectivity index (χ0) is 14.5. The Morgan fingerprint density at radius 2 is 2.20 bits per heavy atom. The van der Waals surface area contributed by atoms with Crippen LogP contribution >= 0.6 is 0 Å². The van der Waals surface area contributed by atoms with Gasteiger partial charge in [-0.05, 0) is 49.9 Å². The van der Waals surface area contributed by atoms with Crippen LogP contribution in [0.25, 0.3) is 0 Å². The molecule has 108 valence electrons. The molecule has 2 rings (SSSR count). The van der Waals surface area contributed by atoms with Crippen molar-refractivity contribution in [2.45, 2.75) is 45.6 Å². The molecular weight excluding hydrogens is 254 g/mol. The third-order valence-electron chi connectivity index (χ3n) is 3.62. The number of ketones is 1. The summed E-state index contributed by atoms with van der Waals surface area (Å²) in [5, 5.41) is 2.85. The summed E-state index contributed by atoms with van der Waals surface area (Å²) < 4.78 is 5.49. The average Bonchev–Trinajstić information content (AvgIpc) is 2.45. The molecule has 1 N–H and O–H groups in total. The molecule has 0 spiro atoms. The lowest BCUT2D eigenvalue weighted by atomic mass is 9.91. The van der Waals surface area contributed by atoms with Crippen LogP contribution in [0, 0.1) is 0 Å². The first-order valence-electron chi connectivity index (χ1n) is 7.18. The minimum absolute atomic E-state index is 0.0110. The summed E-state index contributed by atoms with van der Waals surface area (Å²) in [7, 11) is 0. The highest BCUT2D eigenvalue weighted by Crippen LogP contribution is 2.25. The molecule has 0 aromatic heterocycles. The van der Waals surface area contributed by atoms with E-state index >= 15 is 0 Å². The zero-order valence-electron chi connectivity index (χ0n) is 12.1. The monoisotopic (exact) mass is 275 g/mol. The number of benzene rings is 1. The molecule has 0 radical (unpaired) electrons. The van der Waals surface area contributed by atoms with Gasteiger partial charge < -0.3 is 10.1 Å². The van der Waals surface area contributed by atoms with E-state index < -0.39 is 0 Å². The molecule has 0 saturated heterocycles. The standard InChI is InChI=1S/C16H21NO3/c1-3-11(2)17-16(19)10-20-13-7-8-14-12(9-13)5-4-6-15(14)18/h7-9,11H,3-6,10H2,1-2H3,(H,17,19). The lowest BCUT2D eigenvalue weighted by Gasteiger charge is -2.16. The molecule has 4 nitrogen and oxygen atoms in total. The molecule has 0 aliphatic heterocycles. The molecule has 1 atom stereocenters. The second-order valence-corrected chi connectivity index (χ2v) is 5.26. The number of hydrogen-bond acceptors (Lipinski definition) is 3. The topological polar surface area (TPSA) is 55.4 Å². The zero-order valence-corrected chi connectivity index (χ0v) is 12.1. The first-order valence-corrected chi connectivity index (χ1v) is 7.18. The number of fused-ring (bicyclic) bond motifs is 1. The van der Waals surface area contributed by atoms with Gasteiger partial charge in [0.05, 0.1) is 0 Å². The second-order valence-electron chi connectivity index (χ2n) is 5.26. The normalized spacial score (nSPS) is 15.4. The molecule has 20 heavy (non-hydrogen) atoms. The van der Waals surface area contributed by atoms with Crippen LogP contribution in [0.5, 0.6) is 5.75 Å². The molecule has 1 aliphatic rings. The van der Waals surface area contributed by atoms with Gasteiger partial charge in [0.25, 0.3) is 5.91 Å². The number of aryl methyl sites for hydroxylation is 1. The van der Waals surface area contributed by atoms with E-state index in [9.17, 15) is 9.59 Å². The Bertz CT molecular complexity index is 510. The Labute approximate surface area is 119 Å². The number of Topliss-reactive ketones (excluding diaryl/α,β-unsaturated/α-hetero) is 1. The molecule has 1 unspecified atom stereocenters. The highest BCUT2D eigenvalue weighted by Gasteiger charge is 2.17. The van der Waals surface area contributed by atoms with E-state index in [4.69, 9.17) is 4.74 Å². The van der Waals surface area contributed by atoms with E-state index in [0.717, 1.165) is 30.4 Å². The van der Waals surface area contributed by atoms with Gasteiger partial charge in [-0.3, -0.25) is 9.59 Å². The fourth-order valence-corrected chi connectivity index (χ4v) is 2.28. The van der Waals surface area contributed by atoms with E-state index in [1.807, 2.05) is 19.9 Å². The van der Waals surface area contributed by atoms with Gasteiger partial charge in [0, 0.05) is 18.0 Å². The van der Waals surface area contributed by atoms with Crippen molar-refractivity contribution in [1.29, 1.82) is 0 Å². The van der Waals surface area contributed by atoms with Crippen LogP contribution in [0.2, 0.25) is 0 Å². The second kappa shape index (κ2) is 6.55. The minimum atomic E-state index is -0.117. The summed E-state index contributed by atoms with van der Waals surface area (Å²) in [5.41, 5.74) is 1.83. The molecule has 0 bridgehead atoms. The Morgan fingerprint density at radius 1 is 1.40 bits per heavy atom. The Kier molecular flexibility index (Phi) is 4.77. The van der Waals surface area contributed by atoms with Gasteiger partial charge in [-0.25, -0.2) is 0 Å². The predicted octanol–water partition coefficient (Wildman–Crippen LogP) is 2.50. The number of rotatable bonds is 5. The van der Waals surface area contributed by atoms with Crippen molar-refractivity contribution in [3.05, 3.63) is 29.3 Å². The Hall–Kier alpha value is -1.84. The number of nitrogens with one attached hydrogen (secondary N) is 1. The minimum Gasteiger partial charge on any atom is -0.484 e. The number of carbonyl (C=O) groups is 2. The summed E-state index contributed by atoms with van der Waals surface area (Å²) in [6, 6.07) is 5.60. The largest absolute Gasteiger partial charge is 0.484 e. The van der Waals surface area contributed by atoms with Gasteiger partial charge in [0.2, 0.25) is 0 Å². The van der Waals surface area contributed by atoms with Crippen molar-refractivity contribution in [2.75, 3.05) is 6.61 Å². The Balaban J connectivity index is 1.94. The van der Waals surface area contributed by atoms with E-state index in [2.05, 4.69) is 5.32 Å². The summed E-state index contributed by atoms with van der Waals surface area (Å²) in [6.07, 6.45) is 3.32. The maximum Gasteiger partial charge on any atom is 0.258 e. The number of ether oxygens (including phenoxy) is 1. The van der Waals surface area contributed by atoms with Crippen LogP contribution in [0.4, 0.5) is 0 Å². The average molecular weight is 275 g/mol. The first kappa shape index (κ1) is 14.6. The summed E-state index contributed by atoms with van der Waals surface area (Å²) in [6.45, 7) is 3.99. The van der Waals surface area contributed by atoms with Crippen molar-refractivity contribution in [2.24, 2.45) is 0 Å². The van der Waals surface area contributed by atoms with Gasteiger partial charge in [0.15, 0.2) is 12.4 Å². The quantitative estimate of drug-likeness (QED) is 0.898. The number of amides is 1. The van der Waals surface area contributed by atoms with Crippen molar-refractivity contribution in [3.8, 4) is 5.75 Å². The molecule has 1 aromatic carbocycles. The molecule has 1 amide bonds. The Morgan fingerprint density at radius 3 is 2.95 bits per heavy atom. The summed E-state index contributed by atoms with van der Waals surface area (Å²) in [5.74, 6) is 0.734. The molecule has 1 aromatic rings. The predicted molar refractivity (Wildman–Crippen MR) is 77.1 cm³/mol. The maximum absolute atomic E-state index is 11.7. The van der Waals surface area contributed by atoms with Crippen molar-refractivity contribution in [1.82, 2.24) is 5.32 Å². The van der Waals surface area contributed by atoms with E-state index in [1.165, 1.54) is 0 Å². The van der Waals surface area contributed by atoms with Crippen LogP contribution in [0.1, 0.15) is 49.0 Å². The van der Waals surface area contributed by atoms with Gasteiger partial charge in [0.1, 0.15) is 5.75 Å². The first-order chi connectivity index (χ1) is 9.60. The fraction of sp³-hybridized carbons (Fsp3) is 0.500. The van der Waals surface area contributed by atoms with Gasteiger partial charge in [-0.1, -0.05) is 6.92 Å². The van der Waals surface area contributed by atoms with Crippen LogP contribution in [0.3, 0.4) is 0 Å². The smallest absolute Gasteiger partial charge is 0.258 e. The lowest BCUT2D eigenvalue weighted by Crippen LogP contribution is -2.35. The SMILES string of the molecule is CCC(C)NC(=O)COc1ccc2c(c1)CCCC2=O. The van der Waals surface area contributed by atoms with E-state index in [0.29, 0.717) is 12.2 Å². The molecule has 4 heteroatoms. The van der Waals surface area contributed by atoms with E-state index in [-0.39, 0.29) is 24.3 Å². The maximum atomic E-state index is 11.7.